The average Bonchev–Trinajstić information content (AvgIpc) is 2.48. The van der Waals surface area contributed by atoms with Gasteiger partial charge in [-0.3, -0.25) is 0 Å². The van der Waals surface area contributed by atoms with Crippen LogP contribution in [-0.4, -0.2) is 13.2 Å². The Labute approximate surface area is 139 Å². The summed E-state index contributed by atoms with van der Waals surface area (Å²) in [6.45, 7) is 4.39. The summed E-state index contributed by atoms with van der Waals surface area (Å²) < 4.78 is 6.71. The average molecular weight is 369 g/mol. The largest absolute Gasteiger partial charge is 0.494 e. The Balaban J connectivity index is 1.85. The van der Waals surface area contributed by atoms with Crippen molar-refractivity contribution in [2.24, 2.45) is 0 Å². The summed E-state index contributed by atoms with van der Waals surface area (Å²) in [7, 11) is 0. The second kappa shape index (κ2) is 8.42. The number of benzene rings is 2. The molecule has 0 aliphatic rings. The van der Waals surface area contributed by atoms with Crippen molar-refractivity contribution in [1.29, 1.82) is 0 Å². The van der Waals surface area contributed by atoms with Gasteiger partial charge in [0.25, 0.3) is 0 Å². The van der Waals surface area contributed by atoms with Crippen LogP contribution in [0.4, 0.5) is 0 Å². The molecule has 0 aromatic heterocycles. The molecule has 0 saturated carbocycles. The van der Waals surface area contributed by atoms with E-state index in [2.05, 4.69) is 39.4 Å². The van der Waals surface area contributed by atoms with E-state index in [1.807, 2.05) is 31.2 Å². The van der Waals surface area contributed by atoms with Crippen LogP contribution in [-0.2, 0) is 13.0 Å². The van der Waals surface area contributed by atoms with E-state index in [1.54, 1.807) is 0 Å². The molecule has 0 saturated heterocycles. The zero-order valence-corrected chi connectivity index (χ0v) is 14.4. The second-order valence-electron chi connectivity index (χ2n) is 4.74. The predicted molar refractivity (Wildman–Crippen MR) is 92.2 cm³/mol. The molecule has 0 aliphatic carbocycles. The molecule has 0 bridgehead atoms. The van der Waals surface area contributed by atoms with Crippen molar-refractivity contribution in [2.75, 3.05) is 13.2 Å². The van der Waals surface area contributed by atoms with Crippen LogP contribution >= 0.6 is 27.5 Å². The van der Waals surface area contributed by atoms with Gasteiger partial charge in [0.1, 0.15) is 5.75 Å². The highest BCUT2D eigenvalue weighted by molar-refractivity contribution is 9.10. The van der Waals surface area contributed by atoms with E-state index in [-0.39, 0.29) is 0 Å². The Bertz CT molecular complexity index is 572. The van der Waals surface area contributed by atoms with Gasteiger partial charge < -0.3 is 10.1 Å². The number of nitrogens with one attached hydrogen (secondary N) is 1. The van der Waals surface area contributed by atoms with E-state index in [0.717, 1.165) is 34.8 Å². The maximum absolute atomic E-state index is 5.88. The smallest absolute Gasteiger partial charge is 0.123 e. The molecular formula is C17H19BrClNO. The third kappa shape index (κ3) is 5.34. The van der Waals surface area contributed by atoms with Crippen molar-refractivity contribution in [1.82, 2.24) is 5.32 Å². The topological polar surface area (TPSA) is 21.3 Å². The Morgan fingerprint density at radius 2 is 1.90 bits per heavy atom. The summed E-state index contributed by atoms with van der Waals surface area (Å²) in [5, 5.41) is 4.24. The Morgan fingerprint density at radius 3 is 2.62 bits per heavy atom. The highest BCUT2D eigenvalue weighted by Gasteiger charge is 2.04. The molecule has 0 spiro atoms. The van der Waals surface area contributed by atoms with Gasteiger partial charge in [0.2, 0.25) is 0 Å². The van der Waals surface area contributed by atoms with Gasteiger partial charge in [0, 0.05) is 21.6 Å². The minimum absolute atomic E-state index is 0.680. The third-order valence-electron chi connectivity index (χ3n) is 3.14. The normalized spacial score (nSPS) is 10.6. The summed E-state index contributed by atoms with van der Waals surface area (Å²) >= 11 is 9.39. The van der Waals surface area contributed by atoms with Gasteiger partial charge in [-0.15, -0.1) is 0 Å². The molecule has 1 N–H and O–H groups in total. The number of hydrogen-bond acceptors (Lipinski definition) is 2. The Morgan fingerprint density at radius 1 is 1.14 bits per heavy atom. The standard InChI is InChI=1S/C17H19BrClNO/c1-2-21-17-8-5-15(18)11-14(17)12-20-10-9-13-3-6-16(19)7-4-13/h3-8,11,20H,2,9-10,12H2,1H3. The van der Waals surface area contributed by atoms with E-state index in [9.17, 15) is 0 Å². The third-order valence-corrected chi connectivity index (χ3v) is 3.89. The molecule has 4 heteroatoms. The molecule has 0 amide bonds. The summed E-state index contributed by atoms with van der Waals surface area (Å²) in [4.78, 5) is 0. The van der Waals surface area contributed by atoms with Crippen molar-refractivity contribution in [2.45, 2.75) is 19.9 Å². The molecule has 0 aliphatic heterocycles. The molecule has 2 rings (SSSR count). The highest BCUT2D eigenvalue weighted by Crippen LogP contribution is 2.23. The molecule has 0 unspecified atom stereocenters. The second-order valence-corrected chi connectivity index (χ2v) is 6.09. The molecular weight excluding hydrogens is 350 g/mol. The first-order valence-corrected chi connectivity index (χ1v) is 8.22. The lowest BCUT2D eigenvalue weighted by Crippen LogP contribution is -2.17. The predicted octanol–water partition coefficient (Wildman–Crippen LogP) is 4.83. The first-order valence-electron chi connectivity index (χ1n) is 7.05. The fourth-order valence-corrected chi connectivity index (χ4v) is 2.62. The zero-order chi connectivity index (χ0) is 15.1. The molecule has 0 fully saturated rings. The van der Waals surface area contributed by atoms with Crippen LogP contribution < -0.4 is 10.1 Å². The summed E-state index contributed by atoms with van der Waals surface area (Å²) in [5.74, 6) is 0.944. The summed E-state index contributed by atoms with van der Waals surface area (Å²) in [6, 6.07) is 14.1. The molecule has 2 aromatic rings. The fraction of sp³-hybridized carbons (Fsp3) is 0.294. The van der Waals surface area contributed by atoms with Crippen LogP contribution in [0.2, 0.25) is 5.02 Å². The van der Waals surface area contributed by atoms with Crippen LogP contribution in [0.25, 0.3) is 0 Å². The van der Waals surface area contributed by atoms with E-state index in [4.69, 9.17) is 16.3 Å². The maximum Gasteiger partial charge on any atom is 0.123 e. The van der Waals surface area contributed by atoms with E-state index >= 15 is 0 Å². The number of hydrogen-bond donors (Lipinski definition) is 1. The van der Waals surface area contributed by atoms with Gasteiger partial charge in [-0.05, 0) is 55.8 Å². The molecule has 21 heavy (non-hydrogen) atoms. The fourth-order valence-electron chi connectivity index (χ4n) is 2.09. The van der Waals surface area contributed by atoms with Crippen LogP contribution in [0.15, 0.2) is 46.9 Å². The highest BCUT2D eigenvalue weighted by atomic mass is 79.9. The quantitative estimate of drug-likeness (QED) is 0.707. The van der Waals surface area contributed by atoms with Gasteiger partial charge >= 0.3 is 0 Å². The van der Waals surface area contributed by atoms with Crippen LogP contribution in [0.1, 0.15) is 18.1 Å². The lowest BCUT2D eigenvalue weighted by Gasteiger charge is -2.11. The van der Waals surface area contributed by atoms with Gasteiger partial charge in [0.05, 0.1) is 6.61 Å². The minimum Gasteiger partial charge on any atom is -0.494 e. The van der Waals surface area contributed by atoms with E-state index in [0.29, 0.717) is 6.61 Å². The minimum atomic E-state index is 0.680. The van der Waals surface area contributed by atoms with Gasteiger partial charge in [-0.1, -0.05) is 39.7 Å². The summed E-state index contributed by atoms with van der Waals surface area (Å²) in [5.41, 5.74) is 2.45. The van der Waals surface area contributed by atoms with Gasteiger partial charge in [-0.2, -0.15) is 0 Å². The first kappa shape index (κ1) is 16.3. The number of ether oxygens (including phenoxy) is 1. The SMILES string of the molecule is CCOc1ccc(Br)cc1CNCCc1ccc(Cl)cc1. The van der Waals surface area contributed by atoms with Crippen LogP contribution in [0.5, 0.6) is 5.75 Å². The molecule has 2 aromatic carbocycles. The van der Waals surface area contributed by atoms with Crippen molar-refractivity contribution in [3.63, 3.8) is 0 Å². The van der Waals surface area contributed by atoms with Crippen molar-refractivity contribution in [3.8, 4) is 5.75 Å². The van der Waals surface area contributed by atoms with Gasteiger partial charge in [-0.25, -0.2) is 0 Å². The lowest BCUT2D eigenvalue weighted by molar-refractivity contribution is 0.335. The van der Waals surface area contributed by atoms with E-state index in [1.165, 1.54) is 11.1 Å². The number of halogens is 2. The van der Waals surface area contributed by atoms with Crippen molar-refractivity contribution < 1.29 is 4.74 Å². The molecule has 0 radical (unpaired) electrons. The Hall–Kier alpha value is -1.03. The zero-order valence-electron chi connectivity index (χ0n) is 12.0. The number of rotatable bonds is 7. The summed E-state index contributed by atoms with van der Waals surface area (Å²) in [6.07, 6.45) is 0.981. The first-order chi connectivity index (χ1) is 10.2. The van der Waals surface area contributed by atoms with Crippen molar-refractivity contribution in [3.05, 3.63) is 63.1 Å². The van der Waals surface area contributed by atoms with Crippen LogP contribution in [0.3, 0.4) is 0 Å². The van der Waals surface area contributed by atoms with Gasteiger partial charge in [0.15, 0.2) is 0 Å². The molecule has 0 heterocycles. The molecule has 112 valence electrons. The monoisotopic (exact) mass is 367 g/mol. The Kier molecular flexibility index (Phi) is 6.55. The van der Waals surface area contributed by atoms with E-state index < -0.39 is 0 Å². The van der Waals surface area contributed by atoms with Crippen molar-refractivity contribution >= 4 is 27.5 Å². The maximum atomic E-state index is 5.88. The molecule has 0 atom stereocenters. The van der Waals surface area contributed by atoms with Crippen LogP contribution in [0, 0.1) is 0 Å². The molecule has 2 nitrogen and oxygen atoms in total. The lowest BCUT2D eigenvalue weighted by atomic mass is 10.1.